The first kappa shape index (κ1) is 20.9. The number of hydrogen-bond donors (Lipinski definition) is 2. The predicted octanol–water partition coefficient (Wildman–Crippen LogP) is 2.55. The van der Waals surface area contributed by atoms with Gasteiger partial charge in [-0.25, -0.2) is 0 Å². The molecule has 0 saturated carbocycles. The third-order valence-electron chi connectivity index (χ3n) is 3.53. The lowest BCUT2D eigenvalue weighted by Crippen LogP contribution is -2.39. The Morgan fingerprint density at radius 1 is 1.29 bits per heavy atom. The van der Waals surface area contributed by atoms with Gasteiger partial charge in [-0.1, -0.05) is 0 Å². The zero-order valence-corrected chi connectivity index (χ0v) is 16.1. The largest absolute Gasteiger partial charge is 0.385 e. The molecule has 1 rings (SSSR count). The van der Waals surface area contributed by atoms with Crippen molar-refractivity contribution in [1.29, 1.82) is 0 Å². The third-order valence-corrected chi connectivity index (χ3v) is 3.53. The Morgan fingerprint density at radius 2 is 2.10 bits per heavy atom. The van der Waals surface area contributed by atoms with Crippen LogP contribution in [-0.2, 0) is 9.47 Å². The Bertz CT molecular complexity index is 282. The van der Waals surface area contributed by atoms with Gasteiger partial charge in [0, 0.05) is 33.4 Å². The predicted molar refractivity (Wildman–Crippen MR) is 98.7 cm³/mol. The molecule has 0 bridgehead atoms. The lowest BCUT2D eigenvalue weighted by molar-refractivity contribution is 0.0283. The fourth-order valence-corrected chi connectivity index (χ4v) is 2.30. The van der Waals surface area contributed by atoms with Gasteiger partial charge in [-0.3, -0.25) is 4.99 Å². The van der Waals surface area contributed by atoms with E-state index in [1.807, 2.05) is 0 Å². The number of hydrogen-bond acceptors (Lipinski definition) is 3. The van der Waals surface area contributed by atoms with Crippen LogP contribution in [0.15, 0.2) is 4.99 Å². The summed E-state index contributed by atoms with van der Waals surface area (Å²) in [6, 6.07) is 0. The molecule has 0 amide bonds. The van der Waals surface area contributed by atoms with Crippen LogP contribution >= 0.6 is 24.0 Å². The molecule has 1 saturated heterocycles. The lowest BCUT2D eigenvalue weighted by Gasteiger charge is -2.21. The molecule has 6 heteroatoms. The second kappa shape index (κ2) is 12.5. The van der Waals surface area contributed by atoms with Crippen LogP contribution in [0.1, 0.15) is 46.0 Å². The lowest BCUT2D eigenvalue weighted by atomic mass is 10.0. The molecule has 2 N–H and O–H groups in total. The molecule has 0 aliphatic carbocycles. The molecule has 1 aliphatic rings. The number of guanidine groups is 1. The topological polar surface area (TPSA) is 54.9 Å². The molecule has 0 spiro atoms. The highest BCUT2D eigenvalue weighted by atomic mass is 127. The fraction of sp³-hybridized carbons (Fsp3) is 0.933. The van der Waals surface area contributed by atoms with Gasteiger partial charge >= 0.3 is 0 Å². The second-order valence-electron chi connectivity index (χ2n) is 5.58. The van der Waals surface area contributed by atoms with Crippen molar-refractivity contribution in [2.24, 2.45) is 4.99 Å². The fourth-order valence-electron chi connectivity index (χ4n) is 2.30. The van der Waals surface area contributed by atoms with Gasteiger partial charge in [0.1, 0.15) is 0 Å². The minimum Gasteiger partial charge on any atom is -0.385 e. The summed E-state index contributed by atoms with van der Waals surface area (Å²) in [5.74, 6) is 0.899. The van der Waals surface area contributed by atoms with Crippen LogP contribution in [0.25, 0.3) is 0 Å². The molecule has 5 nitrogen and oxygen atoms in total. The number of aliphatic imine (C=N–C) groups is 1. The zero-order chi connectivity index (χ0) is 14.7. The van der Waals surface area contributed by atoms with Crippen LogP contribution in [0.2, 0.25) is 0 Å². The summed E-state index contributed by atoms with van der Waals surface area (Å²) >= 11 is 0. The molecule has 1 atom stereocenters. The van der Waals surface area contributed by atoms with Crippen LogP contribution in [0.3, 0.4) is 0 Å². The standard InChI is InChI=1S/C15H31N3O2.HI/c1-4-16-14(17-10-6-5-7-11-19-3)18-13-15(2)9-8-12-20-15;/h4-13H2,1-3H3,(H2,16,17,18);1H. The number of halogens is 1. The summed E-state index contributed by atoms with van der Waals surface area (Å²) in [4.78, 5) is 4.65. The smallest absolute Gasteiger partial charge is 0.191 e. The number of rotatable bonds is 9. The normalized spacial score (nSPS) is 22.0. The molecule has 0 aromatic carbocycles. The van der Waals surface area contributed by atoms with E-state index >= 15 is 0 Å². The third kappa shape index (κ3) is 9.52. The van der Waals surface area contributed by atoms with Gasteiger partial charge in [0.15, 0.2) is 5.96 Å². The summed E-state index contributed by atoms with van der Waals surface area (Å²) in [6.07, 6.45) is 5.70. The van der Waals surface area contributed by atoms with Crippen LogP contribution in [0, 0.1) is 0 Å². The van der Waals surface area contributed by atoms with E-state index in [0.717, 1.165) is 64.5 Å². The van der Waals surface area contributed by atoms with Crippen LogP contribution in [0.5, 0.6) is 0 Å². The number of ether oxygens (including phenoxy) is 2. The van der Waals surface area contributed by atoms with Crippen molar-refractivity contribution >= 4 is 29.9 Å². The molecule has 1 fully saturated rings. The molecule has 126 valence electrons. The molecule has 1 unspecified atom stereocenters. The van der Waals surface area contributed by atoms with Crippen molar-refractivity contribution in [1.82, 2.24) is 10.6 Å². The minimum absolute atomic E-state index is 0. The van der Waals surface area contributed by atoms with Crippen LogP contribution in [0.4, 0.5) is 0 Å². The molecule has 0 radical (unpaired) electrons. The highest BCUT2D eigenvalue weighted by molar-refractivity contribution is 14.0. The SMILES string of the molecule is CCNC(=NCC1(C)CCCO1)NCCCCCOC.I. The van der Waals surface area contributed by atoms with E-state index in [9.17, 15) is 0 Å². The number of methoxy groups -OCH3 is 1. The quantitative estimate of drug-likeness (QED) is 0.264. The Morgan fingerprint density at radius 3 is 2.71 bits per heavy atom. The summed E-state index contributed by atoms with van der Waals surface area (Å²) in [5.41, 5.74) is -0.0686. The summed E-state index contributed by atoms with van der Waals surface area (Å²) < 4.78 is 10.8. The molecule has 21 heavy (non-hydrogen) atoms. The van der Waals surface area contributed by atoms with E-state index in [2.05, 4.69) is 29.5 Å². The molecular formula is C15H32IN3O2. The first-order valence-electron chi connectivity index (χ1n) is 7.85. The Labute approximate surface area is 146 Å². The van der Waals surface area contributed by atoms with Gasteiger partial charge in [0.2, 0.25) is 0 Å². The van der Waals surface area contributed by atoms with Gasteiger partial charge in [-0.2, -0.15) is 0 Å². The van der Waals surface area contributed by atoms with Gasteiger partial charge in [0.05, 0.1) is 12.1 Å². The first-order valence-corrected chi connectivity index (χ1v) is 7.85. The van der Waals surface area contributed by atoms with Gasteiger partial charge < -0.3 is 20.1 Å². The Balaban J connectivity index is 0.00000400. The highest BCUT2D eigenvalue weighted by Gasteiger charge is 2.29. The summed E-state index contributed by atoms with van der Waals surface area (Å²) in [5, 5.41) is 6.67. The van der Waals surface area contributed by atoms with E-state index < -0.39 is 0 Å². The van der Waals surface area contributed by atoms with Crippen molar-refractivity contribution in [2.45, 2.75) is 51.6 Å². The minimum atomic E-state index is -0.0686. The molecule has 1 aliphatic heterocycles. The van der Waals surface area contributed by atoms with Gasteiger partial charge in [-0.05, 0) is 46.0 Å². The van der Waals surface area contributed by atoms with E-state index in [-0.39, 0.29) is 29.6 Å². The monoisotopic (exact) mass is 413 g/mol. The number of nitrogens with one attached hydrogen (secondary N) is 2. The highest BCUT2D eigenvalue weighted by Crippen LogP contribution is 2.24. The molecule has 1 heterocycles. The zero-order valence-electron chi connectivity index (χ0n) is 13.7. The van der Waals surface area contributed by atoms with Gasteiger partial charge in [0.25, 0.3) is 0 Å². The van der Waals surface area contributed by atoms with Gasteiger partial charge in [-0.15, -0.1) is 24.0 Å². The van der Waals surface area contributed by atoms with E-state index in [1.165, 1.54) is 6.42 Å². The average Bonchev–Trinajstić information content (AvgIpc) is 2.87. The molecule has 0 aromatic rings. The van der Waals surface area contributed by atoms with Crippen molar-refractivity contribution in [3.8, 4) is 0 Å². The maximum Gasteiger partial charge on any atom is 0.191 e. The number of nitrogens with zero attached hydrogens (tertiary/aromatic N) is 1. The molecule has 0 aromatic heterocycles. The van der Waals surface area contributed by atoms with Crippen LogP contribution < -0.4 is 10.6 Å². The van der Waals surface area contributed by atoms with Crippen molar-refractivity contribution in [3.63, 3.8) is 0 Å². The average molecular weight is 413 g/mol. The van der Waals surface area contributed by atoms with Crippen molar-refractivity contribution < 1.29 is 9.47 Å². The summed E-state index contributed by atoms with van der Waals surface area (Å²) in [7, 11) is 1.75. The summed E-state index contributed by atoms with van der Waals surface area (Å²) in [6.45, 7) is 8.52. The first-order chi connectivity index (χ1) is 9.70. The maximum atomic E-state index is 5.76. The van der Waals surface area contributed by atoms with E-state index in [1.54, 1.807) is 7.11 Å². The van der Waals surface area contributed by atoms with Crippen molar-refractivity contribution in [3.05, 3.63) is 0 Å². The second-order valence-corrected chi connectivity index (χ2v) is 5.58. The Kier molecular flexibility index (Phi) is 12.4. The van der Waals surface area contributed by atoms with E-state index in [0.29, 0.717) is 0 Å². The van der Waals surface area contributed by atoms with Crippen LogP contribution in [-0.4, -0.2) is 51.5 Å². The molecular weight excluding hydrogens is 381 g/mol. The Hall–Kier alpha value is -0.0800. The van der Waals surface area contributed by atoms with Crippen molar-refractivity contribution in [2.75, 3.05) is 40.0 Å². The van der Waals surface area contributed by atoms with E-state index in [4.69, 9.17) is 9.47 Å². The maximum absolute atomic E-state index is 5.76. The number of unbranched alkanes of at least 4 members (excludes halogenated alkanes) is 2.